The third-order valence-corrected chi connectivity index (χ3v) is 4.66. The van der Waals surface area contributed by atoms with Gasteiger partial charge in [0.2, 0.25) is 0 Å². The number of benzene rings is 1. The predicted molar refractivity (Wildman–Crippen MR) is 77.4 cm³/mol. The van der Waals surface area contributed by atoms with Gasteiger partial charge in [-0.25, -0.2) is 4.68 Å². The molecule has 0 saturated carbocycles. The fourth-order valence-electron chi connectivity index (χ4n) is 1.81. The Morgan fingerprint density at radius 2 is 1.94 bits per heavy atom. The van der Waals surface area contributed by atoms with Crippen LogP contribution < -0.4 is 0 Å². The van der Waals surface area contributed by atoms with Crippen LogP contribution in [0.15, 0.2) is 22.8 Å². The topological polar surface area (TPSA) is 30.7 Å². The van der Waals surface area contributed by atoms with E-state index in [2.05, 4.69) is 52.2 Å². The Bertz CT molecular complexity index is 542. The highest BCUT2D eigenvalue weighted by Crippen LogP contribution is 2.25. The van der Waals surface area contributed by atoms with Gasteiger partial charge in [0.25, 0.3) is 0 Å². The maximum atomic E-state index is 6.16. The number of rotatable bonds is 3. The van der Waals surface area contributed by atoms with Crippen molar-refractivity contribution in [3.05, 3.63) is 39.6 Å². The van der Waals surface area contributed by atoms with Crippen LogP contribution in [-0.2, 0) is 0 Å². The van der Waals surface area contributed by atoms with E-state index >= 15 is 0 Å². The summed E-state index contributed by atoms with van der Waals surface area (Å²) in [6.45, 7) is 6.16. The van der Waals surface area contributed by atoms with E-state index in [-0.39, 0.29) is 5.38 Å². The summed E-state index contributed by atoms with van der Waals surface area (Å²) < 4.78 is 2.91. The lowest BCUT2D eigenvalue weighted by Crippen LogP contribution is -1.97. The molecule has 5 heteroatoms. The molecule has 0 aliphatic carbocycles. The second kappa shape index (κ2) is 5.41. The van der Waals surface area contributed by atoms with Gasteiger partial charge in [0.05, 0.1) is 17.3 Å². The largest absolute Gasteiger partial charge is 0.220 e. The average molecular weight is 329 g/mol. The Morgan fingerprint density at radius 1 is 1.33 bits per heavy atom. The molecular formula is C13H15BrClN3. The first-order valence-corrected chi connectivity index (χ1v) is 7.09. The van der Waals surface area contributed by atoms with Gasteiger partial charge in [-0.3, -0.25) is 0 Å². The van der Waals surface area contributed by atoms with Crippen molar-refractivity contribution < 1.29 is 0 Å². The van der Waals surface area contributed by atoms with Gasteiger partial charge in [0, 0.05) is 4.47 Å². The van der Waals surface area contributed by atoms with Crippen LogP contribution in [0.4, 0.5) is 0 Å². The molecule has 0 spiro atoms. The molecular weight excluding hydrogens is 314 g/mol. The molecule has 18 heavy (non-hydrogen) atoms. The van der Waals surface area contributed by atoms with Crippen molar-refractivity contribution in [3.8, 4) is 5.69 Å². The van der Waals surface area contributed by atoms with E-state index < -0.39 is 0 Å². The standard InChI is InChI=1S/C13H15BrClN3/c1-4-11(15)12-7-18(17-16-12)10-5-8(2)13(14)9(3)6-10/h5-7,11H,4H2,1-3H3. The Balaban J connectivity index is 2.40. The minimum absolute atomic E-state index is 0.0728. The van der Waals surface area contributed by atoms with Gasteiger partial charge >= 0.3 is 0 Å². The second-order valence-electron chi connectivity index (χ2n) is 4.36. The minimum atomic E-state index is -0.0728. The molecule has 0 saturated heterocycles. The predicted octanol–water partition coefficient (Wildman–Crippen LogP) is 4.34. The molecule has 96 valence electrons. The fourth-order valence-corrected chi connectivity index (χ4v) is 2.14. The molecule has 0 N–H and O–H groups in total. The van der Waals surface area contributed by atoms with Gasteiger partial charge < -0.3 is 0 Å². The van der Waals surface area contributed by atoms with Crippen molar-refractivity contribution in [1.29, 1.82) is 0 Å². The molecule has 1 heterocycles. The third kappa shape index (κ3) is 2.59. The quantitative estimate of drug-likeness (QED) is 0.785. The molecule has 1 unspecified atom stereocenters. The molecule has 2 rings (SSSR count). The highest BCUT2D eigenvalue weighted by atomic mass is 79.9. The van der Waals surface area contributed by atoms with Crippen LogP contribution in [0.3, 0.4) is 0 Å². The summed E-state index contributed by atoms with van der Waals surface area (Å²) in [7, 11) is 0. The molecule has 2 aromatic rings. The van der Waals surface area contributed by atoms with Crippen molar-refractivity contribution in [2.75, 3.05) is 0 Å². The highest BCUT2D eigenvalue weighted by molar-refractivity contribution is 9.10. The Kier molecular flexibility index (Phi) is 4.07. The maximum absolute atomic E-state index is 6.16. The van der Waals surface area contributed by atoms with E-state index in [1.54, 1.807) is 4.68 Å². The second-order valence-corrected chi connectivity index (χ2v) is 5.68. The average Bonchev–Trinajstić information content (AvgIpc) is 2.84. The van der Waals surface area contributed by atoms with Gasteiger partial charge in [-0.05, 0) is 43.5 Å². The molecule has 0 bridgehead atoms. The summed E-state index contributed by atoms with van der Waals surface area (Å²) in [6, 6.07) is 4.15. The zero-order valence-electron chi connectivity index (χ0n) is 10.6. The Hall–Kier alpha value is -0.870. The van der Waals surface area contributed by atoms with Crippen LogP contribution >= 0.6 is 27.5 Å². The van der Waals surface area contributed by atoms with E-state index in [0.717, 1.165) is 22.3 Å². The smallest absolute Gasteiger partial charge is 0.101 e. The SMILES string of the molecule is CCC(Cl)c1cn(-c2cc(C)c(Br)c(C)c2)nn1. The Labute approximate surface area is 120 Å². The van der Waals surface area contributed by atoms with E-state index in [1.165, 1.54) is 11.1 Å². The maximum Gasteiger partial charge on any atom is 0.101 e. The summed E-state index contributed by atoms with van der Waals surface area (Å²) in [5, 5.41) is 8.18. The fraction of sp³-hybridized carbons (Fsp3) is 0.385. The Morgan fingerprint density at radius 3 is 2.50 bits per heavy atom. The summed E-state index contributed by atoms with van der Waals surface area (Å²) in [5.41, 5.74) is 4.18. The molecule has 3 nitrogen and oxygen atoms in total. The minimum Gasteiger partial charge on any atom is -0.220 e. The first-order chi connectivity index (χ1) is 8.52. The van der Waals surface area contributed by atoms with E-state index in [0.29, 0.717) is 0 Å². The van der Waals surface area contributed by atoms with E-state index in [9.17, 15) is 0 Å². The van der Waals surface area contributed by atoms with Crippen LogP contribution in [0.5, 0.6) is 0 Å². The van der Waals surface area contributed by atoms with Gasteiger partial charge in [-0.1, -0.05) is 28.1 Å². The number of nitrogens with zero attached hydrogens (tertiary/aromatic N) is 3. The molecule has 0 aliphatic rings. The first kappa shape index (κ1) is 13.6. The lowest BCUT2D eigenvalue weighted by molar-refractivity contribution is 0.784. The summed E-state index contributed by atoms with van der Waals surface area (Å²) in [6.07, 6.45) is 2.74. The van der Waals surface area contributed by atoms with Crippen LogP contribution in [0.2, 0.25) is 0 Å². The highest BCUT2D eigenvalue weighted by Gasteiger charge is 2.11. The third-order valence-electron chi connectivity index (χ3n) is 2.88. The van der Waals surface area contributed by atoms with Crippen LogP contribution in [-0.4, -0.2) is 15.0 Å². The number of aromatic nitrogens is 3. The molecule has 0 amide bonds. The van der Waals surface area contributed by atoms with Crippen LogP contribution in [0.1, 0.15) is 35.5 Å². The van der Waals surface area contributed by atoms with Crippen LogP contribution in [0.25, 0.3) is 5.69 Å². The van der Waals surface area contributed by atoms with Gasteiger partial charge in [-0.2, -0.15) is 0 Å². The van der Waals surface area contributed by atoms with Crippen molar-refractivity contribution >= 4 is 27.5 Å². The zero-order valence-corrected chi connectivity index (χ0v) is 13.0. The molecule has 0 aliphatic heterocycles. The molecule has 1 aromatic carbocycles. The van der Waals surface area contributed by atoms with Crippen molar-refractivity contribution in [2.24, 2.45) is 0 Å². The molecule has 0 radical (unpaired) electrons. The normalized spacial score (nSPS) is 12.7. The zero-order chi connectivity index (χ0) is 13.3. The van der Waals surface area contributed by atoms with Crippen molar-refractivity contribution in [2.45, 2.75) is 32.6 Å². The number of hydrogen-bond acceptors (Lipinski definition) is 2. The lowest BCUT2D eigenvalue weighted by Gasteiger charge is -2.07. The van der Waals surface area contributed by atoms with E-state index in [1.807, 2.05) is 13.1 Å². The van der Waals surface area contributed by atoms with Gasteiger partial charge in [-0.15, -0.1) is 16.7 Å². The van der Waals surface area contributed by atoms with Gasteiger partial charge in [0.1, 0.15) is 5.69 Å². The van der Waals surface area contributed by atoms with Crippen molar-refractivity contribution in [1.82, 2.24) is 15.0 Å². The summed E-state index contributed by atoms with van der Waals surface area (Å²) in [4.78, 5) is 0. The van der Waals surface area contributed by atoms with E-state index in [4.69, 9.17) is 11.6 Å². The number of hydrogen-bond donors (Lipinski definition) is 0. The first-order valence-electron chi connectivity index (χ1n) is 5.86. The summed E-state index contributed by atoms with van der Waals surface area (Å²) >= 11 is 9.71. The number of aryl methyl sites for hydroxylation is 2. The molecule has 0 fully saturated rings. The number of halogens is 2. The van der Waals surface area contributed by atoms with Crippen LogP contribution in [0, 0.1) is 13.8 Å². The monoisotopic (exact) mass is 327 g/mol. The summed E-state index contributed by atoms with van der Waals surface area (Å²) in [5.74, 6) is 0. The van der Waals surface area contributed by atoms with Crippen molar-refractivity contribution in [3.63, 3.8) is 0 Å². The van der Waals surface area contributed by atoms with Gasteiger partial charge in [0.15, 0.2) is 0 Å². The molecule has 1 aromatic heterocycles. The number of alkyl halides is 1. The molecule has 1 atom stereocenters. The lowest BCUT2D eigenvalue weighted by atomic mass is 10.1.